The van der Waals surface area contributed by atoms with Crippen molar-refractivity contribution in [3.63, 3.8) is 0 Å². The Balaban J connectivity index is 1.94. The van der Waals surface area contributed by atoms with Gasteiger partial charge in [0.1, 0.15) is 6.54 Å². The Hall–Kier alpha value is -2.41. The van der Waals surface area contributed by atoms with E-state index in [-0.39, 0.29) is 30.2 Å². The topological polar surface area (TPSA) is 82.3 Å². The largest absolute Gasteiger partial charge is 0.376 e. The molecule has 1 aliphatic heterocycles. The molecule has 2 atom stereocenters. The molecule has 2 aromatic rings. The number of nitrogens with one attached hydrogen (secondary N) is 1. The maximum absolute atomic E-state index is 12.9. The van der Waals surface area contributed by atoms with E-state index in [1.54, 1.807) is 24.3 Å². The minimum atomic E-state index is -0.449. The van der Waals surface area contributed by atoms with Crippen molar-refractivity contribution < 1.29 is 9.53 Å². The van der Waals surface area contributed by atoms with E-state index in [4.69, 9.17) is 4.74 Å². The third-order valence-electron chi connectivity index (χ3n) is 4.97. The van der Waals surface area contributed by atoms with Crippen LogP contribution in [0, 0.1) is 0 Å². The first-order valence-corrected chi connectivity index (χ1v) is 9.15. The van der Waals surface area contributed by atoms with Crippen LogP contribution in [0.1, 0.15) is 39.2 Å². The zero-order valence-electron chi connectivity index (χ0n) is 15.2. The Kier molecular flexibility index (Phi) is 5.56. The molecule has 26 heavy (non-hydrogen) atoms. The number of benzene rings is 1. The standard InChI is InChI=1S/C19H25N3O4/c1-3-13(2)22-18(24)15-8-4-5-9-16(15)21(19(22)25)12-17(23)20-11-14-7-6-10-26-14/h4-5,8-9,13-14H,3,6-7,10-12H2,1-2H3,(H,20,23)/t13-,14+/m1/s1. The van der Waals surface area contributed by atoms with E-state index in [1.807, 2.05) is 13.8 Å². The maximum Gasteiger partial charge on any atom is 0.332 e. The molecule has 1 fully saturated rings. The van der Waals surface area contributed by atoms with Gasteiger partial charge in [0, 0.05) is 19.2 Å². The van der Waals surface area contributed by atoms with E-state index in [2.05, 4.69) is 5.32 Å². The van der Waals surface area contributed by atoms with Gasteiger partial charge in [-0.15, -0.1) is 0 Å². The number of carbonyl (C=O) groups is 1. The highest BCUT2D eigenvalue weighted by atomic mass is 16.5. The van der Waals surface area contributed by atoms with Gasteiger partial charge in [-0.2, -0.15) is 0 Å². The van der Waals surface area contributed by atoms with Crippen molar-refractivity contribution in [2.75, 3.05) is 13.2 Å². The molecular formula is C19H25N3O4. The molecule has 3 rings (SSSR count). The van der Waals surface area contributed by atoms with E-state index in [0.717, 1.165) is 19.4 Å². The van der Waals surface area contributed by atoms with Gasteiger partial charge in [0.05, 0.1) is 17.0 Å². The number of aromatic nitrogens is 2. The van der Waals surface area contributed by atoms with E-state index in [0.29, 0.717) is 23.9 Å². The van der Waals surface area contributed by atoms with E-state index in [9.17, 15) is 14.4 Å². The Labute approximate surface area is 151 Å². The molecule has 7 heteroatoms. The summed E-state index contributed by atoms with van der Waals surface area (Å²) >= 11 is 0. The minimum absolute atomic E-state index is 0.0430. The average molecular weight is 359 g/mol. The second-order valence-corrected chi connectivity index (χ2v) is 6.76. The summed E-state index contributed by atoms with van der Waals surface area (Å²) in [6, 6.07) is 6.68. The minimum Gasteiger partial charge on any atom is -0.376 e. The molecule has 1 aromatic heterocycles. The lowest BCUT2D eigenvalue weighted by molar-refractivity contribution is -0.122. The molecular weight excluding hydrogens is 334 g/mol. The zero-order valence-corrected chi connectivity index (χ0v) is 15.2. The van der Waals surface area contributed by atoms with Gasteiger partial charge in [-0.3, -0.25) is 18.7 Å². The van der Waals surface area contributed by atoms with Crippen molar-refractivity contribution in [3.8, 4) is 0 Å². The SMILES string of the molecule is CC[C@@H](C)n1c(=O)c2ccccc2n(CC(=O)NC[C@@H]2CCCO2)c1=O. The summed E-state index contributed by atoms with van der Waals surface area (Å²) in [6.45, 7) is 4.80. The van der Waals surface area contributed by atoms with Crippen molar-refractivity contribution in [2.24, 2.45) is 0 Å². The van der Waals surface area contributed by atoms with Crippen LogP contribution in [-0.2, 0) is 16.1 Å². The van der Waals surface area contributed by atoms with Crippen molar-refractivity contribution in [3.05, 3.63) is 45.1 Å². The van der Waals surface area contributed by atoms with Crippen LogP contribution in [0.15, 0.2) is 33.9 Å². The van der Waals surface area contributed by atoms with Gasteiger partial charge >= 0.3 is 5.69 Å². The van der Waals surface area contributed by atoms with Crippen LogP contribution in [0.4, 0.5) is 0 Å². The molecule has 0 unspecified atom stereocenters. The van der Waals surface area contributed by atoms with Crippen LogP contribution in [0.25, 0.3) is 10.9 Å². The van der Waals surface area contributed by atoms with Gasteiger partial charge in [-0.05, 0) is 38.3 Å². The molecule has 7 nitrogen and oxygen atoms in total. The van der Waals surface area contributed by atoms with Gasteiger partial charge in [0.2, 0.25) is 5.91 Å². The summed E-state index contributed by atoms with van der Waals surface area (Å²) < 4.78 is 8.13. The summed E-state index contributed by atoms with van der Waals surface area (Å²) in [5, 5.41) is 3.28. The van der Waals surface area contributed by atoms with Crippen molar-refractivity contribution in [2.45, 2.75) is 51.8 Å². The van der Waals surface area contributed by atoms with Crippen LogP contribution in [-0.4, -0.2) is 34.3 Å². The fourth-order valence-electron chi connectivity index (χ4n) is 3.30. The molecule has 0 radical (unpaired) electrons. The lowest BCUT2D eigenvalue weighted by atomic mass is 10.2. The van der Waals surface area contributed by atoms with Crippen LogP contribution in [0.3, 0.4) is 0 Å². The lowest BCUT2D eigenvalue weighted by Crippen LogP contribution is -2.44. The average Bonchev–Trinajstić information content (AvgIpc) is 3.17. The first kappa shape index (κ1) is 18.4. The van der Waals surface area contributed by atoms with Gasteiger partial charge in [0.15, 0.2) is 0 Å². The molecule has 0 saturated carbocycles. The molecule has 2 heterocycles. The molecule has 140 valence electrons. The number of carbonyl (C=O) groups excluding carboxylic acids is 1. The molecule has 1 N–H and O–H groups in total. The number of para-hydroxylation sites is 1. The predicted octanol–water partition coefficient (Wildman–Crippen LogP) is 1.43. The Morgan fingerprint density at radius 2 is 2.12 bits per heavy atom. The highest BCUT2D eigenvalue weighted by molar-refractivity contribution is 5.81. The zero-order chi connectivity index (χ0) is 18.7. The van der Waals surface area contributed by atoms with Gasteiger partial charge < -0.3 is 10.1 Å². The fraction of sp³-hybridized carbons (Fsp3) is 0.526. The molecule has 0 bridgehead atoms. The summed E-state index contributed by atoms with van der Waals surface area (Å²) in [6.07, 6.45) is 2.63. The van der Waals surface area contributed by atoms with E-state index >= 15 is 0 Å². The van der Waals surface area contributed by atoms with Crippen molar-refractivity contribution in [1.29, 1.82) is 0 Å². The molecule has 0 spiro atoms. The number of rotatable bonds is 6. The number of fused-ring (bicyclic) bond motifs is 1. The second kappa shape index (κ2) is 7.86. The monoisotopic (exact) mass is 359 g/mol. The number of ether oxygens (including phenoxy) is 1. The molecule has 1 aromatic carbocycles. The summed E-state index contributed by atoms with van der Waals surface area (Å²) in [4.78, 5) is 38.0. The number of nitrogens with zero attached hydrogens (tertiary/aromatic N) is 2. The predicted molar refractivity (Wildman–Crippen MR) is 99.5 cm³/mol. The van der Waals surface area contributed by atoms with Crippen molar-refractivity contribution >= 4 is 16.8 Å². The lowest BCUT2D eigenvalue weighted by Gasteiger charge is -2.18. The van der Waals surface area contributed by atoms with Crippen molar-refractivity contribution in [1.82, 2.24) is 14.5 Å². The quantitative estimate of drug-likeness (QED) is 0.846. The molecule has 1 amide bonds. The summed E-state index contributed by atoms with van der Waals surface area (Å²) in [5.74, 6) is -0.262. The fourth-order valence-corrected chi connectivity index (χ4v) is 3.30. The maximum atomic E-state index is 12.9. The summed E-state index contributed by atoms with van der Waals surface area (Å²) in [7, 11) is 0. The molecule has 0 aliphatic carbocycles. The van der Waals surface area contributed by atoms with Gasteiger partial charge in [-0.1, -0.05) is 19.1 Å². The number of hydrogen-bond donors (Lipinski definition) is 1. The number of hydrogen-bond acceptors (Lipinski definition) is 4. The van der Waals surface area contributed by atoms with Gasteiger partial charge in [0.25, 0.3) is 5.56 Å². The Bertz CT molecular complexity index is 909. The van der Waals surface area contributed by atoms with Crippen LogP contribution in [0.2, 0.25) is 0 Å². The van der Waals surface area contributed by atoms with E-state index < -0.39 is 5.69 Å². The molecule has 1 saturated heterocycles. The third kappa shape index (κ3) is 3.58. The Morgan fingerprint density at radius 3 is 2.81 bits per heavy atom. The smallest absolute Gasteiger partial charge is 0.332 e. The second-order valence-electron chi connectivity index (χ2n) is 6.76. The van der Waals surface area contributed by atoms with Crippen LogP contribution in [0.5, 0.6) is 0 Å². The van der Waals surface area contributed by atoms with E-state index in [1.165, 1.54) is 9.13 Å². The third-order valence-corrected chi connectivity index (χ3v) is 4.97. The van der Waals surface area contributed by atoms with Crippen LogP contribution >= 0.6 is 0 Å². The van der Waals surface area contributed by atoms with Crippen LogP contribution < -0.4 is 16.6 Å². The highest BCUT2D eigenvalue weighted by Gasteiger charge is 2.19. The first-order valence-electron chi connectivity index (χ1n) is 9.15. The number of amides is 1. The first-order chi connectivity index (χ1) is 12.5. The highest BCUT2D eigenvalue weighted by Crippen LogP contribution is 2.12. The van der Waals surface area contributed by atoms with Gasteiger partial charge in [-0.25, -0.2) is 4.79 Å². The normalized spacial score (nSPS) is 18.2. The molecule has 1 aliphatic rings. The Morgan fingerprint density at radius 1 is 1.35 bits per heavy atom. The summed E-state index contributed by atoms with van der Waals surface area (Å²) in [5.41, 5.74) is -0.277.